The van der Waals surface area contributed by atoms with Gasteiger partial charge >= 0.3 is 98.3 Å². The van der Waals surface area contributed by atoms with Crippen LogP contribution < -0.4 is 0 Å². The molecule has 0 saturated heterocycles. The van der Waals surface area contributed by atoms with Crippen LogP contribution in [-0.4, -0.2) is 30.8 Å². The number of hydrogen-bond acceptors (Lipinski definition) is 1. The summed E-state index contributed by atoms with van der Waals surface area (Å²) in [6.45, 7) is 9.97. The van der Waals surface area contributed by atoms with Crippen molar-refractivity contribution in [2.24, 2.45) is 0 Å². The molecule has 0 atom stereocenters. The van der Waals surface area contributed by atoms with Crippen LogP contribution in [0.15, 0.2) is 12.7 Å². The van der Waals surface area contributed by atoms with Gasteiger partial charge < -0.3 is 5.11 Å². The SMILES string of the molecule is C=CC(=O)O.CCC[CH2][SnH]([CH2]CCC)[CH2]CCC. The fourth-order valence-electron chi connectivity index (χ4n) is 1.91. The molecule has 3 heteroatoms. The van der Waals surface area contributed by atoms with Crippen LogP contribution in [0.3, 0.4) is 0 Å². The zero-order chi connectivity index (χ0) is 14.2. The van der Waals surface area contributed by atoms with Gasteiger partial charge in [0.25, 0.3) is 0 Å². The van der Waals surface area contributed by atoms with E-state index in [1.54, 1.807) is 13.3 Å². The first kappa shape index (κ1) is 20.3. The average Bonchev–Trinajstić information content (AvgIpc) is 2.38. The second-order valence-electron chi connectivity index (χ2n) is 4.84. The van der Waals surface area contributed by atoms with E-state index in [9.17, 15) is 4.79 Å². The molecule has 0 aromatic carbocycles. The Morgan fingerprint density at radius 3 is 1.44 bits per heavy atom. The zero-order valence-corrected chi connectivity index (χ0v) is 15.9. The quantitative estimate of drug-likeness (QED) is 0.444. The molecule has 0 aromatic heterocycles. The zero-order valence-electron chi connectivity index (χ0n) is 12.6. The topological polar surface area (TPSA) is 37.3 Å². The van der Waals surface area contributed by atoms with Crippen LogP contribution in [0, 0.1) is 0 Å². The Kier molecular flexibility index (Phi) is 19.2. The van der Waals surface area contributed by atoms with Crippen molar-refractivity contribution in [3.63, 3.8) is 0 Å². The van der Waals surface area contributed by atoms with Crippen molar-refractivity contribution in [2.45, 2.75) is 72.6 Å². The number of hydrogen-bond donors (Lipinski definition) is 1. The third-order valence-electron chi connectivity index (χ3n) is 3.07. The van der Waals surface area contributed by atoms with Crippen LogP contribution in [0.4, 0.5) is 0 Å². The number of unbranched alkanes of at least 4 members (excludes halogenated alkanes) is 3. The molecule has 0 fully saturated rings. The molecule has 108 valence electrons. The first-order chi connectivity index (χ1) is 8.62. The standard InChI is InChI=1S/3C4H9.C3H4O2.Sn.H/c3*1-3-4-2;1-2-3(4)5;;/h3*1,3-4H2,2H3;2H,1H2,(H,4,5);;. The molecule has 0 rings (SSSR count). The maximum atomic E-state index is 9.25. The van der Waals surface area contributed by atoms with Gasteiger partial charge in [0.15, 0.2) is 0 Å². The van der Waals surface area contributed by atoms with Crippen molar-refractivity contribution in [2.75, 3.05) is 0 Å². The number of carboxylic acids is 1. The fraction of sp³-hybridized carbons (Fsp3) is 0.800. The Balaban J connectivity index is 0. The Morgan fingerprint density at radius 1 is 1.00 bits per heavy atom. The molecule has 2 nitrogen and oxygen atoms in total. The van der Waals surface area contributed by atoms with Gasteiger partial charge in [-0.2, -0.15) is 0 Å². The van der Waals surface area contributed by atoms with E-state index in [0.29, 0.717) is 0 Å². The summed E-state index contributed by atoms with van der Waals surface area (Å²) in [5.74, 6) is -0.981. The van der Waals surface area contributed by atoms with Gasteiger partial charge in [-0.3, -0.25) is 0 Å². The summed E-state index contributed by atoms with van der Waals surface area (Å²) in [7, 11) is 0. The summed E-state index contributed by atoms with van der Waals surface area (Å²) in [6.07, 6.45) is 9.71. The molecule has 18 heavy (non-hydrogen) atoms. The second-order valence-corrected chi connectivity index (χ2v) is 14.7. The van der Waals surface area contributed by atoms with Gasteiger partial charge in [0, 0.05) is 6.08 Å². The summed E-state index contributed by atoms with van der Waals surface area (Å²) in [5, 5.41) is 7.60. The van der Waals surface area contributed by atoms with Crippen molar-refractivity contribution in [1.82, 2.24) is 0 Å². The number of carboxylic acid groups (broad SMARTS) is 1. The van der Waals surface area contributed by atoms with E-state index in [0.717, 1.165) is 6.08 Å². The fourth-order valence-corrected chi connectivity index (χ4v) is 12.8. The Morgan fingerprint density at radius 2 is 1.28 bits per heavy atom. The van der Waals surface area contributed by atoms with Crippen LogP contribution in [0.2, 0.25) is 13.3 Å². The van der Waals surface area contributed by atoms with Crippen LogP contribution in [0.5, 0.6) is 0 Å². The van der Waals surface area contributed by atoms with Crippen LogP contribution in [0.1, 0.15) is 59.3 Å². The Bertz CT molecular complexity index is 174. The summed E-state index contributed by atoms with van der Waals surface area (Å²) < 4.78 is 5.08. The van der Waals surface area contributed by atoms with E-state index in [-0.39, 0.29) is 0 Å². The third-order valence-corrected chi connectivity index (χ3v) is 13.6. The Hall–Kier alpha value is 0.00870. The van der Waals surface area contributed by atoms with Gasteiger partial charge in [0.05, 0.1) is 0 Å². The molecule has 0 heterocycles. The van der Waals surface area contributed by atoms with E-state index in [4.69, 9.17) is 5.11 Å². The van der Waals surface area contributed by atoms with Crippen LogP contribution in [0.25, 0.3) is 0 Å². The van der Waals surface area contributed by atoms with Gasteiger partial charge in [0.2, 0.25) is 0 Å². The van der Waals surface area contributed by atoms with Crippen molar-refractivity contribution < 1.29 is 9.90 Å². The average molecular weight is 363 g/mol. The molecular formula is C15H32O2Sn. The van der Waals surface area contributed by atoms with E-state index < -0.39 is 25.7 Å². The molecule has 0 aliphatic carbocycles. The molecule has 0 aliphatic heterocycles. The van der Waals surface area contributed by atoms with Crippen molar-refractivity contribution >= 4 is 25.7 Å². The first-order valence-corrected chi connectivity index (χ1v) is 14.5. The molecule has 0 radical (unpaired) electrons. The van der Waals surface area contributed by atoms with E-state index >= 15 is 0 Å². The predicted octanol–water partition coefficient (Wildman–Crippen LogP) is 4.87. The third kappa shape index (κ3) is 18.4. The van der Waals surface area contributed by atoms with Gasteiger partial charge in [-0.25, -0.2) is 4.79 Å². The minimum absolute atomic E-state index is 0.833. The number of rotatable bonds is 10. The van der Waals surface area contributed by atoms with Crippen molar-refractivity contribution in [3.8, 4) is 0 Å². The molecule has 0 aromatic rings. The molecule has 0 bridgehead atoms. The van der Waals surface area contributed by atoms with Crippen molar-refractivity contribution in [1.29, 1.82) is 0 Å². The number of carbonyl (C=O) groups is 1. The molecule has 1 N–H and O–H groups in total. The van der Waals surface area contributed by atoms with E-state index in [1.807, 2.05) is 0 Å². The van der Waals surface area contributed by atoms with Crippen molar-refractivity contribution in [3.05, 3.63) is 12.7 Å². The molecule has 0 unspecified atom stereocenters. The molecule has 0 spiro atoms. The van der Waals surface area contributed by atoms with Gasteiger partial charge in [0.1, 0.15) is 0 Å². The monoisotopic (exact) mass is 364 g/mol. The summed E-state index contributed by atoms with van der Waals surface area (Å²) in [5.41, 5.74) is 0. The van der Waals surface area contributed by atoms with E-state index in [1.165, 1.54) is 38.5 Å². The van der Waals surface area contributed by atoms with Gasteiger partial charge in [-0.1, -0.05) is 6.58 Å². The van der Waals surface area contributed by atoms with Gasteiger partial charge in [-0.15, -0.1) is 0 Å². The summed E-state index contributed by atoms with van der Waals surface area (Å²) in [4.78, 5) is 9.25. The molecule has 0 amide bonds. The van der Waals surface area contributed by atoms with Gasteiger partial charge in [-0.05, 0) is 0 Å². The van der Waals surface area contributed by atoms with Crippen LogP contribution >= 0.6 is 0 Å². The minimum atomic E-state index is -0.981. The Labute approximate surface area is 121 Å². The molecular weight excluding hydrogens is 331 g/mol. The van der Waals surface area contributed by atoms with Crippen LogP contribution in [-0.2, 0) is 4.79 Å². The summed E-state index contributed by atoms with van der Waals surface area (Å²) >= 11 is -0.967. The predicted molar refractivity (Wildman–Crippen MR) is 84.1 cm³/mol. The maximum absolute atomic E-state index is 9.25. The first-order valence-electron chi connectivity index (χ1n) is 7.47. The molecule has 0 aliphatic rings. The summed E-state index contributed by atoms with van der Waals surface area (Å²) in [6, 6.07) is 0. The molecule has 0 saturated carbocycles. The van der Waals surface area contributed by atoms with E-state index in [2.05, 4.69) is 27.4 Å². The second kappa shape index (κ2) is 17.0. The normalized spacial score (nSPS) is 9.78. The number of aliphatic carboxylic acids is 1.